The van der Waals surface area contributed by atoms with Crippen LogP contribution in [0, 0.1) is 5.92 Å². The molecule has 0 radical (unpaired) electrons. The van der Waals surface area contributed by atoms with Gasteiger partial charge in [-0.1, -0.05) is 0 Å². The molecule has 0 aromatic rings. The van der Waals surface area contributed by atoms with Gasteiger partial charge in [-0.15, -0.1) is 12.4 Å². The van der Waals surface area contributed by atoms with E-state index in [1.807, 2.05) is 0 Å². The molecule has 100 valence electrons. The van der Waals surface area contributed by atoms with Crippen LogP contribution in [0.1, 0.15) is 26.7 Å². The molecule has 0 bridgehead atoms. The summed E-state index contributed by atoms with van der Waals surface area (Å²) in [6.07, 6.45) is 2.50. The number of nitrogens with one attached hydrogen (secondary N) is 2. The number of hydrogen-bond acceptors (Lipinski definition) is 4. The third-order valence-corrected chi connectivity index (χ3v) is 2.56. The third kappa shape index (κ3) is 5.89. The van der Waals surface area contributed by atoms with Gasteiger partial charge in [0.1, 0.15) is 5.54 Å². The van der Waals surface area contributed by atoms with Gasteiger partial charge in [-0.05, 0) is 39.2 Å². The lowest BCUT2D eigenvalue weighted by Gasteiger charge is -2.23. The zero-order valence-electron chi connectivity index (χ0n) is 10.5. The predicted molar refractivity (Wildman–Crippen MR) is 67.1 cm³/mol. The largest absolute Gasteiger partial charge is 0.467 e. The Kier molecular flexibility index (Phi) is 6.49. The van der Waals surface area contributed by atoms with E-state index in [-0.39, 0.29) is 24.9 Å². The van der Waals surface area contributed by atoms with Crippen molar-refractivity contribution in [2.75, 3.05) is 20.2 Å². The minimum absolute atomic E-state index is 0. The molecule has 2 N–H and O–H groups in total. The van der Waals surface area contributed by atoms with Crippen molar-refractivity contribution < 1.29 is 14.3 Å². The van der Waals surface area contributed by atoms with Crippen LogP contribution in [0.5, 0.6) is 0 Å². The Bertz CT molecular complexity index is 278. The van der Waals surface area contributed by atoms with Crippen LogP contribution in [-0.4, -0.2) is 37.6 Å². The van der Waals surface area contributed by atoms with Crippen LogP contribution in [0.3, 0.4) is 0 Å². The smallest absolute Gasteiger partial charge is 0.330 e. The van der Waals surface area contributed by atoms with Crippen molar-refractivity contribution in [1.82, 2.24) is 10.6 Å². The average molecular weight is 265 g/mol. The number of methoxy groups -OCH3 is 1. The Morgan fingerprint density at radius 1 is 1.35 bits per heavy atom. The normalized spacial score (nSPS) is 14.8. The van der Waals surface area contributed by atoms with Gasteiger partial charge in [-0.25, -0.2) is 4.79 Å². The fourth-order valence-corrected chi connectivity index (χ4v) is 1.41. The van der Waals surface area contributed by atoms with E-state index >= 15 is 0 Å². The summed E-state index contributed by atoms with van der Waals surface area (Å²) in [5.74, 6) is 0.112. The summed E-state index contributed by atoms with van der Waals surface area (Å²) in [5, 5.41) is 5.69. The number of halogens is 1. The topological polar surface area (TPSA) is 67.4 Å². The van der Waals surface area contributed by atoms with Gasteiger partial charge in [-0.2, -0.15) is 0 Å². The zero-order chi connectivity index (χ0) is 12.2. The molecule has 1 amide bonds. The Morgan fingerprint density at radius 3 is 2.41 bits per heavy atom. The second kappa shape index (κ2) is 6.81. The standard InChI is InChI=1S/C11H20N2O3.ClH/c1-11(2,10(15)16-3)13-9(14)7-12-6-8-4-5-8;/h8,12H,4-7H2,1-3H3,(H,13,14);1H. The van der Waals surface area contributed by atoms with Crippen LogP contribution in [0.2, 0.25) is 0 Å². The predicted octanol–water partition coefficient (Wildman–Crippen LogP) is 0.476. The lowest BCUT2D eigenvalue weighted by atomic mass is 10.1. The molecular weight excluding hydrogens is 244 g/mol. The molecule has 6 heteroatoms. The molecule has 1 fully saturated rings. The molecular formula is C11H21ClN2O3. The molecule has 1 rings (SSSR count). The first-order chi connectivity index (χ1) is 7.45. The van der Waals surface area contributed by atoms with Gasteiger partial charge in [0.2, 0.25) is 5.91 Å². The summed E-state index contributed by atoms with van der Waals surface area (Å²) in [4.78, 5) is 22.8. The van der Waals surface area contributed by atoms with E-state index in [4.69, 9.17) is 0 Å². The van der Waals surface area contributed by atoms with Crippen molar-refractivity contribution in [2.24, 2.45) is 5.92 Å². The Hall–Kier alpha value is -0.810. The Balaban J connectivity index is 0.00000256. The number of rotatable bonds is 6. The van der Waals surface area contributed by atoms with Crippen LogP contribution in [0.4, 0.5) is 0 Å². The zero-order valence-corrected chi connectivity index (χ0v) is 11.4. The van der Waals surface area contributed by atoms with Crippen molar-refractivity contribution in [2.45, 2.75) is 32.2 Å². The van der Waals surface area contributed by atoms with Crippen LogP contribution >= 0.6 is 12.4 Å². The Labute approximate surface area is 108 Å². The van der Waals surface area contributed by atoms with E-state index in [0.29, 0.717) is 0 Å². The average Bonchev–Trinajstić information content (AvgIpc) is 2.99. The van der Waals surface area contributed by atoms with Crippen molar-refractivity contribution in [1.29, 1.82) is 0 Å². The fourth-order valence-electron chi connectivity index (χ4n) is 1.41. The first-order valence-electron chi connectivity index (χ1n) is 5.56. The highest BCUT2D eigenvalue weighted by Crippen LogP contribution is 2.27. The number of carbonyl (C=O) groups excluding carboxylic acids is 2. The lowest BCUT2D eigenvalue weighted by molar-refractivity contribution is -0.149. The van der Waals surface area contributed by atoms with Crippen LogP contribution in [0.15, 0.2) is 0 Å². The van der Waals surface area contributed by atoms with Crippen molar-refractivity contribution in [3.05, 3.63) is 0 Å². The lowest BCUT2D eigenvalue weighted by Crippen LogP contribution is -2.52. The highest BCUT2D eigenvalue weighted by molar-refractivity contribution is 5.88. The second-order valence-electron chi connectivity index (χ2n) is 4.74. The maximum Gasteiger partial charge on any atom is 0.330 e. The Morgan fingerprint density at radius 2 is 1.94 bits per heavy atom. The van der Waals surface area contributed by atoms with E-state index in [1.54, 1.807) is 13.8 Å². The van der Waals surface area contributed by atoms with Crippen molar-refractivity contribution >= 4 is 24.3 Å². The highest BCUT2D eigenvalue weighted by Gasteiger charge is 2.30. The van der Waals surface area contributed by atoms with E-state index in [0.717, 1.165) is 12.5 Å². The highest BCUT2D eigenvalue weighted by atomic mass is 35.5. The number of hydrogen-bond donors (Lipinski definition) is 2. The molecule has 1 saturated carbocycles. The molecule has 0 aliphatic heterocycles. The van der Waals surface area contributed by atoms with E-state index < -0.39 is 11.5 Å². The van der Waals surface area contributed by atoms with Gasteiger partial charge in [0, 0.05) is 0 Å². The monoisotopic (exact) mass is 264 g/mol. The number of amides is 1. The summed E-state index contributed by atoms with van der Waals surface area (Å²) >= 11 is 0. The second-order valence-corrected chi connectivity index (χ2v) is 4.74. The molecule has 0 spiro atoms. The number of ether oxygens (including phenoxy) is 1. The quantitative estimate of drug-likeness (QED) is 0.685. The van der Waals surface area contributed by atoms with Gasteiger partial charge in [0.15, 0.2) is 0 Å². The van der Waals surface area contributed by atoms with E-state index in [9.17, 15) is 9.59 Å². The fraction of sp³-hybridized carbons (Fsp3) is 0.818. The maximum atomic E-state index is 11.5. The summed E-state index contributed by atoms with van der Waals surface area (Å²) in [6, 6.07) is 0. The van der Waals surface area contributed by atoms with Gasteiger partial charge < -0.3 is 15.4 Å². The minimum Gasteiger partial charge on any atom is -0.467 e. The van der Waals surface area contributed by atoms with Crippen LogP contribution in [0.25, 0.3) is 0 Å². The van der Waals surface area contributed by atoms with Crippen LogP contribution in [-0.2, 0) is 14.3 Å². The molecule has 0 atom stereocenters. The van der Waals surface area contributed by atoms with Gasteiger partial charge in [0.25, 0.3) is 0 Å². The summed E-state index contributed by atoms with van der Waals surface area (Å²) in [6.45, 7) is 4.37. The summed E-state index contributed by atoms with van der Waals surface area (Å²) < 4.78 is 4.59. The summed E-state index contributed by atoms with van der Waals surface area (Å²) in [5.41, 5.74) is -0.965. The van der Waals surface area contributed by atoms with E-state index in [1.165, 1.54) is 20.0 Å². The molecule has 17 heavy (non-hydrogen) atoms. The molecule has 0 aromatic carbocycles. The van der Waals surface area contributed by atoms with Gasteiger partial charge in [-0.3, -0.25) is 4.79 Å². The van der Waals surface area contributed by atoms with Crippen molar-refractivity contribution in [3.8, 4) is 0 Å². The summed E-state index contributed by atoms with van der Waals surface area (Å²) in [7, 11) is 1.31. The van der Waals surface area contributed by atoms with Gasteiger partial charge in [0.05, 0.1) is 13.7 Å². The molecule has 1 aliphatic rings. The molecule has 0 saturated heterocycles. The maximum absolute atomic E-state index is 11.5. The van der Waals surface area contributed by atoms with Gasteiger partial charge >= 0.3 is 5.97 Å². The number of carbonyl (C=O) groups is 2. The van der Waals surface area contributed by atoms with Crippen LogP contribution < -0.4 is 10.6 Å². The molecule has 0 unspecified atom stereocenters. The molecule has 5 nitrogen and oxygen atoms in total. The number of esters is 1. The van der Waals surface area contributed by atoms with E-state index in [2.05, 4.69) is 15.4 Å². The molecule has 1 aliphatic carbocycles. The SMILES string of the molecule is COC(=O)C(C)(C)NC(=O)CNCC1CC1.Cl. The third-order valence-electron chi connectivity index (χ3n) is 2.56. The minimum atomic E-state index is -0.965. The van der Waals surface area contributed by atoms with Crippen molar-refractivity contribution in [3.63, 3.8) is 0 Å². The molecule has 0 heterocycles. The first kappa shape index (κ1) is 16.2. The molecule has 0 aromatic heterocycles. The first-order valence-corrected chi connectivity index (χ1v) is 5.56.